The number of halogens is 1. The van der Waals surface area contributed by atoms with Crippen LogP contribution < -0.4 is 15.8 Å². The van der Waals surface area contributed by atoms with Crippen molar-refractivity contribution in [2.75, 3.05) is 73.0 Å². The molecule has 3 amide bonds. The Bertz CT molecular complexity index is 4100. The van der Waals surface area contributed by atoms with Crippen LogP contribution in [0.15, 0.2) is 187 Å². The van der Waals surface area contributed by atoms with Gasteiger partial charge in [0.15, 0.2) is 17.1 Å². The standard InChI is InChI=1S/C25H31ClN5O.C24H27N5O3.C23H28N6O3S/c1-29(16-20-12-14-31(2,15-13-20)19-21-8-4-3-5-9-21)25(32)24-18-30(28-27-24)17-22-10-6-7-11-23(22)26;30-23(22-15-26-29(27-22)17-20-6-8-21(9-7-20)24(31)32)25-14-18-10-12-28(13-11-18)16-19-4-2-1-3-5-19;24-33(31,32)21-8-6-20(7-9-21)17-29-26-15-22(27-29)23(30)25-14-18-10-12-28(13-11-18)16-19-4-2-1-3-5-19/h3-11,18,20H,12-17,19H2,1-2H3;1-9,15,18H,10-14,16-17H2,(H,25,30)(H,31,32);1-9,15,18H,10-14,16-17H2,(H,25,30)(H2,24,31,32)/q+1;;. The third-order valence-electron chi connectivity index (χ3n) is 18.1. The number of hydrogen-bond acceptors (Lipinski definition) is 14. The summed E-state index contributed by atoms with van der Waals surface area (Å²) in [5.41, 5.74) is 7.81. The molecular formula is C72H86ClN16O7S+. The van der Waals surface area contributed by atoms with Crippen LogP contribution in [-0.4, -0.2) is 174 Å². The first-order valence-corrected chi connectivity index (χ1v) is 34.9. The Morgan fingerprint density at radius 2 is 1.03 bits per heavy atom. The number of carboxylic acid groups (broad SMARTS) is 1. The van der Waals surface area contributed by atoms with E-state index in [1.165, 1.54) is 50.8 Å². The summed E-state index contributed by atoms with van der Waals surface area (Å²) in [6, 6.07) is 52.0. The van der Waals surface area contributed by atoms with Gasteiger partial charge in [-0.05, 0) is 128 Å². The van der Waals surface area contributed by atoms with E-state index in [4.69, 9.17) is 21.8 Å². The molecule has 0 radical (unpaired) electrons. The number of nitrogens with two attached hydrogens (primary N) is 1. The average Bonchev–Trinajstić information content (AvgIpc) is 1.87. The number of amides is 3. The Morgan fingerprint density at radius 1 is 0.577 bits per heavy atom. The highest BCUT2D eigenvalue weighted by atomic mass is 35.5. The number of nitrogens with one attached hydrogen (secondary N) is 2. The molecule has 25 heteroatoms. The number of benzene rings is 6. The molecule has 6 heterocycles. The Kier molecular flexibility index (Phi) is 24.8. The number of carbonyl (C=O) groups is 4. The van der Waals surface area contributed by atoms with Crippen LogP contribution in [0.2, 0.25) is 5.02 Å². The van der Waals surface area contributed by atoms with Gasteiger partial charge >= 0.3 is 5.97 Å². The number of carboxylic acids is 1. The molecule has 12 rings (SSSR count). The summed E-state index contributed by atoms with van der Waals surface area (Å²) in [5, 5.41) is 45.8. The molecule has 3 aromatic heterocycles. The third-order valence-corrected chi connectivity index (χ3v) is 19.4. The Balaban J connectivity index is 0.000000158. The monoisotopic (exact) mass is 1350 g/mol. The van der Waals surface area contributed by atoms with Gasteiger partial charge in [-0.15, -0.1) is 15.3 Å². The maximum absolute atomic E-state index is 12.9. The van der Waals surface area contributed by atoms with Crippen molar-refractivity contribution in [3.8, 4) is 0 Å². The zero-order chi connectivity index (χ0) is 68.2. The van der Waals surface area contributed by atoms with Gasteiger partial charge in [0.25, 0.3) is 17.7 Å². The number of sulfonamides is 1. The highest BCUT2D eigenvalue weighted by Crippen LogP contribution is 2.27. The van der Waals surface area contributed by atoms with E-state index in [0.29, 0.717) is 61.2 Å². The second-order valence-electron chi connectivity index (χ2n) is 25.8. The molecule has 0 atom stereocenters. The highest BCUT2D eigenvalue weighted by Gasteiger charge is 2.32. The number of piperidine rings is 3. The Labute approximate surface area is 571 Å². The van der Waals surface area contributed by atoms with Gasteiger partial charge in [0.05, 0.1) is 68.8 Å². The third kappa shape index (κ3) is 21.6. The minimum Gasteiger partial charge on any atom is -0.478 e. The maximum atomic E-state index is 12.9. The van der Waals surface area contributed by atoms with E-state index in [9.17, 15) is 27.6 Å². The maximum Gasteiger partial charge on any atom is 0.335 e. The van der Waals surface area contributed by atoms with Gasteiger partial charge in [-0.2, -0.15) is 19.8 Å². The van der Waals surface area contributed by atoms with Crippen LogP contribution in [0.25, 0.3) is 0 Å². The molecule has 0 spiro atoms. The van der Waals surface area contributed by atoms with Gasteiger partial charge < -0.3 is 25.1 Å². The van der Waals surface area contributed by atoms with Crippen molar-refractivity contribution in [2.24, 2.45) is 22.9 Å². The number of quaternary nitrogens is 1. The lowest BCUT2D eigenvalue weighted by atomic mass is 9.94. The van der Waals surface area contributed by atoms with E-state index in [1.807, 2.05) is 43.4 Å². The Hall–Kier alpha value is -9.30. The summed E-state index contributed by atoms with van der Waals surface area (Å²) in [4.78, 5) is 58.4. The molecule has 6 aromatic carbocycles. The number of likely N-dealkylation sites (tertiary alicyclic amines) is 3. The first kappa shape index (κ1) is 70.5. The molecular weight excluding hydrogens is 1270 g/mol. The number of carbonyl (C=O) groups excluding carboxylic acids is 3. The predicted molar refractivity (Wildman–Crippen MR) is 369 cm³/mol. The van der Waals surface area contributed by atoms with Gasteiger partial charge in [0.2, 0.25) is 10.0 Å². The van der Waals surface area contributed by atoms with Gasteiger partial charge in [-0.25, -0.2) is 23.0 Å². The predicted octanol–water partition coefficient (Wildman–Crippen LogP) is 8.39. The molecule has 3 saturated heterocycles. The molecule has 97 heavy (non-hydrogen) atoms. The van der Waals surface area contributed by atoms with Crippen LogP contribution in [0.4, 0.5) is 0 Å². The van der Waals surface area contributed by atoms with Gasteiger partial charge in [0, 0.05) is 63.2 Å². The zero-order valence-electron chi connectivity index (χ0n) is 55.0. The average molecular weight is 1360 g/mol. The van der Waals surface area contributed by atoms with Crippen molar-refractivity contribution >= 4 is 45.3 Å². The normalized spacial score (nSPS) is 17.0. The molecule has 0 saturated carbocycles. The van der Waals surface area contributed by atoms with Crippen molar-refractivity contribution in [2.45, 2.75) is 82.7 Å². The van der Waals surface area contributed by atoms with Gasteiger partial charge in [-0.3, -0.25) is 24.2 Å². The SMILES string of the molecule is CN(CC1CC[N+](C)(Cc2ccccc2)CC1)C(=O)c1cn(Cc2ccccc2Cl)nn1.NS(=O)(=O)c1ccc(Cn2ncc(C(=O)NCC3CCN(Cc4ccccc4)CC3)n2)cc1.O=C(O)c1ccc(Cn2ncc(C(=O)NCC3CCN(Cc4ccccc4)CC3)n2)cc1. The summed E-state index contributed by atoms with van der Waals surface area (Å²) >= 11 is 6.23. The number of nitrogens with zero attached hydrogens (tertiary/aromatic N) is 13. The fraction of sp³-hybridized carbons (Fsp3) is 0.361. The molecule has 3 aliphatic heterocycles. The molecule has 0 unspecified atom stereocenters. The van der Waals surface area contributed by atoms with Crippen LogP contribution in [-0.2, 0) is 49.3 Å². The summed E-state index contributed by atoms with van der Waals surface area (Å²) in [6.45, 7) is 12.6. The highest BCUT2D eigenvalue weighted by molar-refractivity contribution is 7.89. The van der Waals surface area contributed by atoms with Crippen LogP contribution in [0.1, 0.15) is 114 Å². The van der Waals surface area contributed by atoms with Crippen LogP contribution >= 0.6 is 11.6 Å². The number of aromatic nitrogens is 9. The fourth-order valence-electron chi connectivity index (χ4n) is 12.4. The topological polar surface area (TPSA) is 275 Å². The first-order chi connectivity index (χ1) is 46.8. The molecule has 0 bridgehead atoms. The second kappa shape index (κ2) is 34.1. The largest absolute Gasteiger partial charge is 0.478 e. The molecule has 3 fully saturated rings. The van der Waals surface area contributed by atoms with E-state index in [0.717, 1.165) is 125 Å². The van der Waals surface area contributed by atoms with Crippen molar-refractivity contribution in [3.63, 3.8) is 0 Å². The van der Waals surface area contributed by atoms with Crippen molar-refractivity contribution in [1.82, 2.24) is 70.3 Å². The Morgan fingerprint density at radius 3 is 1.51 bits per heavy atom. The summed E-state index contributed by atoms with van der Waals surface area (Å²) in [6.07, 6.45) is 11.1. The summed E-state index contributed by atoms with van der Waals surface area (Å²) in [5.74, 6) is -0.0648. The van der Waals surface area contributed by atoms with Crippen LogP contribution in [0, 0.1) is 17.8 Å². The quantitative estimate of drug-likeness (QED) is 0.0438. The van der Waals surface area contributed by atoms with Crippen molar-refractivity contribution < 1.29 is 37.2 Å². The molecule has 3 aliphatic rings. The fourth-order valence-corrected chi connectivity index (χ4v) is 13.1. The van der Waals surface area contributed by atoms with Crippen LogP contribution in [0.3, 0.4) is 0 Å². The van der Waals surface area contributed by atoms with Crippen molar-refractivity contribution in [3.05, 3.63) is 243 Å². The van der Waals surface area contributed by atoms with E-state index in [2.05, 4.69) is 137 Å². The van der Waals surface area contributed by atoms with E-state index < -0.39 is 16.0 Å². The van der Waals surface area contributed by atoms with E-state index >= 15 is 0 Å². The lowest BCUT2D eigenvalue weighted by Gasteiger charge is -2.41. The van der Waals surface area contributed by atoms with Crippen molar-refractivity contribution in [1.29, 1.82) is 0 Å². The number of hydrogen-bond donors (Lipinski definition) is 4. The zero-order valence-corrected chi connectivity index (χ0v) is 56.5. The van der Waals surface area contributed by atoms with Gasteiger partial charge in [-0.1, -0.05) is 150 Å². The minimum absolute atomic E-state index is 0.0469. The first-order valence-electron chi connectivity index (χ1n) is 32.9. The second-order valence-corrected chi connectivity index (χ2v) is 27.7. The van der Waals surface area contributed by atoms with Crippen LogP contribution in [0.5, 0.6) is 0 Å². The summed E-state index contributed by atoms with van der Waals surface area (Å²) in [7, 11) is 0.479. The smallest absolute Gasteiger partial charge is 0.335 e. The summed E-state index contributed by atoms with van der Waals surface area (Å²) < 4.78 is 25.4. The molecule has 23 nitrogen and oxygen atoms in total. The lowest BCUT2D eigenvalue weighted by Crippen LogP contribution is -2.50. The molecule has 9 aromatic rings. The lowest BCUT2D eigenvalue weighted by molar-refractivity contribution is -0.928. The number of aromatic carboxylic acids is 1. The van der Waals surface area contributed by atoms with E-state index in [-0.39, 0.29) is 39.6 Å². The molecule has 0 aliphatic carbocycles. The number of primary sulfonamides is 1. The van der Waals surface area contributed by atoms with E-state index in [1.54, 1.807) is 52.2 Å². The number of rotatable bonds is 23. The molecule has 5 N–H and O–H groups in total. The van der Waals surface area contributed by atoms with Gasteiger partial charge in [0.1, 0.15) is 6.54 Å². The molecule has 508 valence electrons. The minimum atomic E-state index is -3.73.